The molecule has 5 rings (SSSR count). The lowest BCUT2D eigenvalue weighted by atomic mass is 9.61. The van der Waals surface area contributed by atoms with Gasteiger partial charge < -0.3 is 10.1 Å². The van der Waals surface area contributed by atoms with Crippen LogP contribution in [0, 0.1) is 17.8 Å². The first-order valence-electron chi connectivity index (χ1n) is 8.46. The van der Waals surface area contributed by atoms with Gasteiger partial charge in [0, 0.05) is 6.04 Å². The second-order valence-corrected chi connectivity index (χ2v) is 6.91. The van der Waals surface area contributed by atoms with Crippen LogP contribution < -0.4 is 5.32 Å². The van der Waals surface area contributed by atoms with Crippen LogP contribution in [0.4, 0.5) is 5.82 Å². The number of carbonyl (C=O) groups is 1. The largest absolute Gasteiger partial charge is 0.466 e. The van der Waals surface area contributed by atoms with Crippen molar-refractivity contribution in [1.29, 1.82) is 0 Å². The fourth-order valence-corrected chi connectivity index (χ4v) is 4.46. The Kier molecular flexibility index (Phi) is 4.04. The number of carbonyl (C=O) groups excluding carboxylic acids is 1. The highest BCUT2D eigenvalue weighted by molar-refractivity contribution is 6.28. The first-order chi connectivity index (χ1) is 11.7. The highest BCUT2D eigenvalue weighted by atomic mass is 35.5. The van der Waals surface area contributed by atoms with Crippen LogP contribution in [0.5, 0.6) is 0 Å². The molecule has 3 fully saturated rings. The number of ether oxygens (including phenoxy) is 1. The zero-order chi connectivity index (χ0) is 16.7. The number of rotatable bonds is 4. The Morgan fingerprint density at radius 1 is 1.38 bits per heavy atom. The number of anilines is 1. The van der Waals surface area contributed by atoms with Crippen LogP contribution in [0.3, 0.4) is 0 Å². The highest BCUT2D eigenvalue weighted by Crippen LogP contribution is 2.46. The molecule has 24 heavy (non-hydrogen) atoms. The first kappa shape index (κ1) is 15.6. The van der Waals surface area contributed by atoms with E-state index in [1.54, 1.807) is 17.0 Å². The molecule has 0 aliphatic heterocycles. The molecule has 128 valence electrons. The smallest absolute Gasteiger partial charge is 0.311 e. The van der Waals surface area contributed by atoms with Gasteiger partial charge in [-0.1, -0.05) is 0 Å². The number of hydrogen-bond acceptors (Lipinski definition) is 6. The average molecular weight is 350 g/mol. The van der Waals surface area contributed by atoms with Crippen molar-refractivity contribution in [1.82, 2.24) is 19.6 Å². The minimum atomic E-state index is -0.130. The van der Waals surface area contributed by atoms with Gasteiger partial charge in [-0.2, -0.15) is 4.98 Å². The number of halogens is 1. The minimum Gasteiger partial charge on any atom is -0.466 e. The maximum Gasteiger partial charge on any atom is 0.311 e. The van der Waals surface area contributed by atoms with Gasteiger partial charge in [-0.3, -0.25) is 4.79 Å². The number of nitrogens with zero attached hydrogens (tertiary/aromatic N) is 4. The molecule has 0 unspecified atom stereocenters. The Labute approximate surface area is 144 Å². The Morgan fingerprint density at radius 2 is 2.12 bits per heavy atom. The van der Waals surface area contributed by atoms with E-state index in [4.69, 9.17) is 16.3 Å². The molecule has 2 atom stereocenters. The van der Waals surface area contributed by atoms with Crippen molar-refractivity contribution in [2.45, 2.75) is 38.6 Å². The molecule has 0 amide bonds. The summed E-state index contributed by atoms with van der Waals surface area (Å²) in [7, 11) is 0. The maximum absolute atomic E-state index is 12.5. The molecule has 8 heteroatoms. The molecular formula is C16H20ClN5O2. The quantitative estimate of drug-likeness (QED) is 0.854. The topological polar surface area (TPSA) is 81.4 Å². The van der Waals surface area contributed by atoms with E-state index in [9.17, 15) is 4.79 Å². The van der Waals surface area contributed by atoms with E-state index >= 15 is 0 Å². The number of nitrogens with one attached hydrogen (secondary N) is 1. The van der Waals surface area contributed by atoms with Crippen molar-refractivity contribution in [3.8, 4) is 0 Å². The summed E-state index contributed by atoms with van der Waals surface area (Å²) < 4.78 is 6.94. The summed E-state index contributed by atoms with van der Waals surface area (Å²) in [5, 5.41) is 7.72. The van der Waals surface area contributed by atoms with Crippen molar-refractivity contribution >= 4 is 28.9 Å². The lowest BCUT2D eigenvalue weighted by molar-refractivity contribution is -0.154. The van der Waals surface area contributed by atoms with Crippen molar-refractivity contribution in [3.63, 3.8) is 0 Å². The number of esters is 1. The van der Waals surface area contributed by atoms with Gasteiger partial charge in [0.1, 0.15) is 11.8 Å². The number of aromatic nitrogens is 4. The summed E-state index contributed by atoms with van der Waals surface area (Å²) in [6.45, 7) is 2.26. The molecule has 3 aliphatic carbocycles. The predicted molar refractivity (Wildman–Crippen MR) is 88.8 cm³/mol. The number of imidazole rings is 1. The zero-order valence-electron chi connectivity index (χ0n) is 13.5. The van der Waals surface area contributed by atoms with E-state index < -0.39 is 0 Å². The molecule has 2 heterocycles. The molecule has 1 N–H and O–H groups in total. The van der Waals surface area contributed by atoms with Crippen LogP contribution in [0.25, 0.3) is 5.52 Å². The molecule has 0 radical (unpaired) electrons. The van der Waals surface area contributed by atoms with Gasteiger partial charge in [-0.25, -0.2) is 9.50 Å². The molecular weight excluding hydrogens is 330 g/mol. The summed E-state index contributed by atoms with van der Waals surface area (Å²) in [4.78, 5) is 20.9. The van der Waals surface area contributed by atoms with Crippen LogP contribution in [-0.4, -0.2) is 38.2 Å². The number of fused-ring (bicyclic) bond motifs is 4. The van der Waals surface area contributed by atoms with Gasteiger partial charge in [0.05, 0.1) is 18.7 Å². The standard InChI is InChI=1S/C16H20ClN5O2/c1-2-24-15(23)12-9-3-5-10(6-4-9)13(12)19-14-11-7-18-8-22(11)21-16(17)20-14/h7-10,12-13H,2-6H2,1H3,(H,19,20,21)/t9?,10?,12-,13-/m0/s1. The van der Waals surface area contributed by atoms with Crippen molar-refractivity contribution in [3.05, 3.63) is 17.8 Å². The van der Waals surface area contributed by atoms with Crippen molar-refractivity contribution in [2.24, 2.45) is 17.8 Å². The number of hydrogen-bond donors (Lipinski definition) is 1. The SMILES string of the molecule is CCOC(=O)[C@H]1C2CCC(CC2)[C@@H]1Nc1nc(Cl)nn2cncc12. The van der Waals surface area contributed by atoms with Gasteiger partial charge in [0.2, 0.25) is 5.28 Å². The van der Waals surface area contributed by atoms with Crippen LogP contribution in [0.15, 0.2) is 12.5 Å². The fraction of sp³-hybridized carbons (Fsp3) is 0.625. The van der Waals surface area contributed by atoms with E-state index in [0.29, 0.717) is 24.3 Å². The van der Waals surface area contributed by atoms with E-state index in [1.165, 1.54) is 0 Å². The lowest BCUT2D eigenvalue weighted by Gasteiger charge is -2.47. The fourth-order valence-electron chi connectivity index (χ4n) is 4.30. The molecule has 0 aromatic carbocycles. The van der Waals surface area contributed by atoms with E-state index in [-0.39, 0.29) is 23.2 Å². The normalized spacial score (nSPS) is 28.9. The summed E-state index contributed by atoms with van der Waals surface area (Å²) in [6, 6.07) is 0.0150. The first-order valence-corrected chi connectivity index (χ1v) is 8.84. The van der Waals surface area contributed by atoms with E-state index in [1.807, 2.05) is 6.92 Å². The van der Waals surface area contributed by atoms with Gasteiger partial charge in [0.25, 0.3) is 0 Å². The van der Waals surface area contributed by atoms with Crippen molar-refractivity contribution < 1.29 is 9.53 Å². The molecule has 2 aromatic rings. The Hall–Kier alpha value is -1.89. The van der Waals surface area contributed by atoms with Gasteiger partial charge in [-0.05, 0) is 56.0 Å². The molecule has 3 aliphatic rings. The molecule has 3 saturated carbocycles. The third-order valence-corrected chi connectivity index (χ3v) is 5.50. The highest BCUT2D eigenvalue weighted by Gasteiger charge is 2.48. The average Bonchev–Trinajstić information content (AvgIpc) is 3.04. The molecule has 2 bridgehead atoms. The van der Waals surface area contributed by atoms with Crippen LogP contribution in [-0.2, 0) is 9.53 Å². The molecule has 2 aromatic heterocycles. The van der Waals surface area contributed by atoms with Crippen LogP contribution in [0.1, 0.15) is 32.6 Å². The zero-order valence-corrected chi connectivity index (χ0v) is 14.2. The summed E-state index contributed by atoms with van der Waals surface area (Å²) in [6.07, 6.45) is 7.74. The van der Waals surface area contributed by atoms with Crippen LogP contribution >= 0.6 is 11.6 Å². The second kappa shape index (κ2) is 6.20. The van der Waals surface area contributed by atoms with E-state index in [0.717, 1.165) is 31.2 Å². The predicted octanol–water partition coefficient (Wildman–Crippen LogP) is 2.56. The third-order valence-electron chi connectivity index (χ3n) is 5.34. The van der Waals surface area contributed by atoms with Gasteiger partial charge in [-0.15, -0.1) is 5.10 Å². The van der Waals surface area contributed by atoms with E-state index in [2.05, 4.69) is 20.4 Å². The molecule has 0 saturated heterocycles. The summed E-state index contributed by atoms with van der Waals surface area (Å²) in [5.41, 5.74) is 0.753. The minimum absolute atomic E-state index is 0.0150. The Bertz CT molecular complexity index is 756. The summed E-state index contributed by atoms with van der Waals surface area (Å²) >= 11 is 6.02. The van der Waals surface area contributed by atoms with Gasteiger partial charge >= 0.3 is 5.97 Å². The summed E-state index contributed by atoms with van der Waals surface area (Å²) in [5.74, 6) is 1.22. The van der Waals surface area contributed by atoms with Crippen LogP contribution in [0.2, 0.25) is 5.28 Å². The molecule has 0 spiro atoms. The van der Waals surface area contributed by atoms with Gasteiger partial charge in [0.15, 0.2) is 5.82 Å². The monoisotopic (exact) mass is 349 g/mol. The Balaban J connectivity index is 1.67. The lowest BCUT2D eigenvalue weighted by Crippen LogP contribution is -2.52. The second-order valence-electron chi connectivity index (χ2n) is 6.58. The van der Waals surface area contributed by atoms with Crippen molar-refractivity contribution in [2.75, 3.05) is 11.9 Å². The third kappa shape index (κ3) is 2.60. The Morgan fingerprint density at radius 3 is 2.88 bits per heavy atom. The maximum atomic E-state index is 12.5. The molecule has 7 nitrogen and oxygen atoms in total.